The fourth-order valence-corrected chi connectivity index (χ4v) is 1.62. The number of thiol groups is 1. The average molecular weight is 130 g/mol. The molecule has 0 aromatic rings. The molecule has 0 N–H and O–H groups in total. The molecule has 0 radical (unpaired) electrons. The largest absolute Gasteiger partial charge is 0.176 e. The number of hydrogen-bond donors (Lipinski definition) is 1. The fourth-order valence-electron chi connectivity index (χ4n) is 1.26. The van der Waals surface area contributed by atoms with Gasteiger partial charge >= 0.3 is 0 Å². The minimum atomic E-state index is 0.720. The van der Waals surface area contributed by atoms with E-state index in [2.05, 4.69) is 12.6 Å². The molecule has 0 atom stereocenters. The van der Waals surface area contributed by atoms with Crippen molar-refractivity contribution in [1.82, 2.24) is 0 Å². The second-order valence-corrected chi connectivity index (χ2v) is 3.38. The molecule has 1 fully saturated rings. The van der Waals surface area contributed by atoms with E-state index in [-0.39, 0.29) is 0 Å². The Hall–Kier alpha value is 0.350. The normalized spacial score (nSPS) is 25.1. The van der Waals surface area contributed by atoms with Crippen LogP contribution in [0.15, 0.2) is 0 Å². The molecule has 48 valence electrons. The second kappa shape index (κ2) is 3.39. The van der Waals surface area contributed by atoms with Crippen LogP contribution in [0, 0.1) is 0 Å². The van der Waals surface area contributed by atoms with Gasteiger partial charge < -0.3 is 0 Å². The lowest BCUT2D eigenvalue weighted by Crippen LogP contribution is -1.93. The Balaban J connectivity index is 2.17. The highest BCUT2D eigenvalue weighted by Crippen LogP contribution is 2.20. The predicted octanol–water partition coefficient (Wildman–Crippen LogP) is 2.64. The summed E-state index contributed by atoms with van der Waals surface area (Å²) < 4.78 is 0. The lowest BCUT2D eigenvalue weighted by molar-refractivity contribution is 0.702. The van der Waals surface area contributed by atoms with E-state index in [4.69, 9.17) is 0 Å². The molecule has 0 aliphatic heterocycles. The first kappa shape index (κ1) is 6.47. The minimum absolute atomic E-state index is 0.720. The van der Waals surface area contributed by atoms with Crippen LogP contribution in [-0.2, 0) is 0 Å². The van der Waals surface area contributed by atoms with E-state index in [1.807, 2.05) is 0 Å². The maximum atomic E-state index is 4.43. The summed E-state index contributed by atoms with van der Waals surface area (Å²) in [4.78, 5) is 0. The van der Waals surface area contributed by atoms with E-state index in [0.717, 1.165) is 5.25 Å². The summed E-state index contributed by atoms with van der Waals surface area (Å²) >= 11 is 4.43. The summed E-state index contributed by atoms with van der Waals surface area (Å²) in [5.74, 6) is 0. The van der Waals surface area contributed by atoms with Crippen LogP contribution in [0.1, 0.15) is 38.5 Å². The lowest BCUT2D eigenvalue weighted by Gasteiger charge is -2.01. The summed E-state index contributed by atoms with van der Waals surface area (Å²) in [6, 6.07) is 0. The van der Waals surface area contributed by atoms with E-state index in [1.165, 1.54) is 38.5 Å². The van der Waals surface area contributed by atoms with Crippen LogP contribution in [-0.4, -0.2) is 5.25 Å². The zero-order valence-electron chi connectivity index (χ0n) is 5.27. The van der Waals surface area contributed by atoms with Crippen molar-refractivity contribution in [3.8, 4) is 0 Å². The zero-order valence-corrected chi connectivity index (χ0v) is 6.16. The fraction of sp³-hybridized carbons (Fsp3) is 1.00. The Labute approximate surface area is 57.1 Å². The van der Waals surface area contributed by atoms with E-state index < -0.39 is 0 Å². The van der Waals surface area contributed by atoms with Crippen LogP contribution in [0.25, 0.3) is 0 Å². The van der Waals surface area contributed by atoms with Crippen molar-refractivity contribution < 1.29 is 0 Å². The van der Waals surface area contributed by atoms with Crippen LogP contribution in [0.2, 0.25) is 0 Å². The van der Waals surface area contributed by atoms with Gasteiger partial charge in [0, 0.05) is 5.25 Å². The molecule has 8 heavy (non-hydrogen) atoms. The van der Waals surface area contributed by atoms with Crippen LogP contribution in [0.5, 0.6) is 0 Å². The molecule has 0 heterocycles. The van der Waals surface area contributed by atoms with Gasteiger partial charge in [0.2, 0.25) is 0 Å². The molecule has 0 amide bonds. The second-order valence-electron chi connectivity index (χ2n) is 2.65. The standard InChI is InChI=1S/C7H14S/c8-7-5-3-1-2-4-6-7/h7-8H,1-6H2. The summed E-state index contributed by atoms with van der Waals surface area (Å²) in [6.07, 6.45) is 8.41. The third kappa shape index (κ3) is 2.08. The van der Waals surface area contributed by atoms with Gasteiger partial charge in [-0.05, 0) is 12.8 Å². The van der Waals surface area contributed by atoms with Crippen molar-refractivity contribution in [2.75, 3.05) is 0 Å². The molecule has 1 rings (SSSR count). The molecule has 0 aromatic carbocycles. The van der Waals surface area contributed by atoms with Crippen molar-refractivity contribution in [1.29, 1.82) is 0 Å². The number of hydrogen-bond acceptors (Lipinski definition) is 1. The average Bonchev–Trinajstić information content (AvgIpc) is 1.94. The Bertz CT molecular complexity index is 53.4. The molecule has 0 aromatic heterocycles. The summed E-state index contributed by atoms with van der Waals surface area (Å²) in [5.41, 5.74) is 0. The third-order valence-electron chi connectivity index (χ3n) is 1.82. The molecule has 0 unspecified atom stereocenters. The Kier molecular flexibility index (Phi) is 2.74. The molecule has 0 bridgehead atoms. The molecule has 0 saturated heterocycles. The van der Waals surface area contributed by atoms with E-state index in [9.17, 15) is 0 Å². The molecule has 1 saturated carbocycles. The maximum Gasteiger partial charge on any atom is 0.00168 e. The van der Waals surface area contributed by atoms with Gasteiger partial charge in [-0.3, -0.25) is 0 Å². The summed E-state index contributed by atoms with van der Waals surface area (Å²) in [6.45, 7) is 0. The Morgan fingerprint density at radius 1 is 0.875 bits per heavy atom. The van der Waals surface area contributed by atoms with Crippen LogP contribution >= 0.6 is 12.6 Å². The monoisotopic (exact) mass is 130 g/mol. The van der Waals surface area contributed by atoms with Gasteiger partial charge in [0.15, 0.2) is 0 Å². The first-order valence-electron chi connectivity index (χ1n) is 3.57. The highest BCUT2D eigenvalue weighted by atomic mass is 32.1. The Morgan fingerprint density at radius 2 is 1.38 bits per heavy atom. The molecule has 1 aliphatic carbocycles. The van der Waals surface area contributed by atoms with E-state index in [1.54, 1.807) is 0 Å². The molecule has 1 aliphatic rings. The molecule has 1 heteroatoms. The van der Waals surface area contributed by atoms with Gasteiger partial charge in [0.1, 0.15) is 0 Å². The lowest BCUT2D eigenvalue weighted by atomic mass is 10.2. The first-order chi connectivity index (χ1) is 3.89. The SMILES string of the molecule is SC1CCCCCC1. The minimum Gasteiger partial charge on any atom is -0.176 e. The highest BCUT2D eigenvalue weighted by molar-refractivity contribution is 7.80. The van der Waals surface area contributed by atoms with Gasteiger partial charge in [-0.2, -0.15) is 12.6 Å². The van der Waals surface area contributed by atoms with Crippen molar-refractivity contribution in [2.45, 2.75) is 43.8 Å². The topological polar surface area (TPSA) is 0 Å². The number of rotatable bonds is 0. The van der Waals surface area contributed by atoms with Crippen molar-refractivity contribution in [3.05, 3.63) is 0 Å². The van der Waals surface area contributed by atoms with E-state index >= 15 is 0 Å². The molecule has 0 spiro atoms. The smallest absolute Gasteiger partial charge is 0.00168 e. The van der Waals surface area contributed by atoms with E-state index in [0.29, 0.717) is 0 Å². The van der Waals surface area contributed by atoms with Gasteiger partial charge in [-0.25, -0.2) is 0 Å². The zero-order chi connectivity index (χ0) is 5.82. The first-order valence-corrected chi connectivity index (χ1v) is 4.09. The Morgan fingerprint density at radius 3 is 1.88 bits per heavy atom. The van der Waals surface area contributed by atoms with Crippen LogP contribution in [0.4, 0.5) is 0 Å². The molecular formula is C7H14S. The van der Waals surface area contributed by atoms with Crippen LogP contribution < -0.4 is 0 Å². The quantitative estimate of drug-likeness (QED) is 0.378. The third-order valence-corrected chi connectivity index (χ3v) is 2.34. The van der Waals surface area contributed by atoms with Crippen molar-refractivity contribution in [3.63, 3.8) is 0 Å². The van der Waals surface area contributed by atoms with Crippen molar-refractivity contribution in [2.24, 2.45) is 0 Å². The van der Waals surface area contributed by atoms with Gasteiger partial charge in [0.25, 0.3) is 0 Å². The highest BCUT2D eigenvalue weighted by Gasteiger charge is 2.05. The van der Waals surface area contributed by atoms with Gasteiger partial charge in [-0.15, -0.1) is 0 Å². The summed E-state index contributed by atoms with van der Waals surface area (Å²) in [5, 5.41) is 0.720. The van der Waals surface area contributed by atoms with Gasteiger partial charge in [0.05, 0.1) is 0 Å². The summed E-state index contributed by atoms with van der Waals surface area (Å²) in [7, 11) is 0. The van der Waals surface area contributed by atoms with Crippen LogP contribution in [0.3, 0.4) is 0 Å². The predicted molar refractivity (Wildman–Crippen MR) is 40.5 cm³/mol. The van der Waals surface area contributed by atoms with Crippen molar-refractivity contribution >= 4 is 12.6 Å². The molecular weight excluding hydrogens is 116 g/mol. The molecule has 0 nitrogen and oxygen atoms in total. The van der Waals surface area contributed by atoms with Gasteiger partial charge in [-0.1, -0.05) is 25.7 Å². The maximum absolute atomic E-state index is 4.43.